The summed E-state index contributed by atoms with van der Waals surface area (Å²) in [6.45, 7) is 0.915. The van der Waals surface area contributed by atoms with E-state index in [1.54, 1.807) is 4.90 Å². The van der Waals surface area contributed by atoms with Crippen LogP contribution in [0.3, 0.4) is 0 Å². The van der Waals surface area contributed by atoms with E-state index in [-0.39, 0.29) is 18.5 Å². The molecule has 4 heteroatoms. The van der Waals surface area contributed by atoms with Crippen LogP contribution in [0.5, 0.6) is 0 Å². The minimum Gasteiger partial charge on any atom is -0.459 e. The van der Waals surface area contributed by atoms with Gasteiger partial charge in [0.05, 0.1) is 0 Å². The molecule has 2 aromatic carbocycles. The van der Waals surface area contributed by atoms with Crippen LogP contribution in [0.15, 0.2) is 60.7 Å². The Morgan fingerprint density at radius 2 is 1.59 bits per heavy atom. The van der Waals surface area contributed by atoms with E-state index in [1.807, 2.05) is 48.5 Å². The number of esters is 1. The summed E-state index contributed by atoms with van der Waals surface area (Å²) in [5.74, 6) is -0.212. The van der Waals surface area contributed by atoms with Crippen LogP contribution in [-0.2, 0) is 27.4 Å². The summed E-state index contributed by atoms with van der Waals surface area (Å²) in [6, 6.07) is 19.5. The fourth-order valence-corrected chi connectivity index (χ4v) is 3.53. The predicted octanol–water partition coefficient (Wildman–Crippen LogP) is 4.13. The molecule has 0 saturated carbocycles. The van der Waals surface area contributed by atoms with E-state index in [1.165, 1.54) is 5.56 Å². The molecule has 0 radical (unpaired) electrons. The highest BCUT2D eigenvalue weighted by molar-refractivity contribution is 5.85. The highest BCUT2D eigenvalue weighted by atomic mass is 16.5. The average molecular weight is 365 g/mol. The number of rotatable bonds is 8. The molecule has 4 nitrogen and oxygen atoms in total. The predicted molar refractivity (Wildman–Crippen MR) is 105 cm³/mol. The second-order valence-corrected chi connectivity index (χ2v) is 7.03. The zero-order valence-electron chi connectivity index (χ0n) is 15.7. The van der Waals surface area contributed by atoms with Gasteiger partial charge in [0.15, 0.2) is 0 Å². The van der Waals surface area contributed by atoms with Gasteiger partial charge in [-0.15, -0.1) is 0 Å². The van der Waals surface area contributed by atoms with Crippen LogP contribution < -0.4 is 0 Å². The lowest BCUT2D eigenvalue weighted by Crippen LogP contribution is -2.41. The summed E-state index contributed by atoms with van der Waals surface area (Å²) < 4.78 is 5.44. The van der Waals surface area contributed by atoms with Gasteiger partial charge >= 0.3 is 5.97 Å². The maximum atomic E-state index is 12.6. The third-order valence-corrected chi connectivity index (χ3v) is 5.02. The van der Waals surface area contributed by atoms with Gasteiger partial charge in [-0.25, -0.2) is 4.79 Å². The van der Waals surface area contributed by atoms with Gasteiger partial charge in [0.25, 0.3) is 0 Å². The number of ether oxygens (including phenoxy) is 1. The van der Waals surface area contributed by atoms with E-state index in [9.17, 15) is 9.59 Å². The summed E-state index contributed by atoms with van der Waals surface area (Å²) >= 11 is 0. The molecule has 1 fully saturated rings. The zero-order valence-corrected chi connectivity index (χ0v) is 15.7. The number of hydrogen-bond donors (Lipinski definition) is 0. The Morgan fingerprint density at radius 3 is 2.30 bits per heavy atom. The van der Waals surface area contributed by atoms with Crippen LogP contribution in [-0.4, -0.2) is 29.4 Å². The molecule has 0 aromatic heterocycles. The largest absolute Gasteiger partial charge is 0.459 e. The van der Waals surface area contributed by atoms with Crippen LogP contribution in [0.1, 0.15) is 43.2 Å². The SMILES string of the molecule is O=C(OCc1ccccc1)[C@@H]1CCCN1C(=O)CCCCc1ccccc1. The van der Waals surface area contributed by atoms with Crippen molar-refractivity contribution in [3.8, 4) is 0 Å². The molecule has 0 spiro atoms. The van der Waals surface area contributed by atoms with Gasteiger partial charge in [0.1, 0.15) is 12.6 Å². The van der Waals surface area contributed by atoms with Crippen molar-refractivity contribution in [2.45, 2.75) is 51.2 Å². The van der Waals surface area contributed by atoms with E-state index in [2.05, 4.69) is 12.1 Å². The Labute approximate surface area is 161 Å². The molecule has 2 aromatic rings. The summed E-state index contributed by atoms with van der Waals surface area (Å²) in [5, 5.41) is 0. The van der Waals surface area contributed by atoms with Crippen molar-refractivity contribution in [1.82, 2.24) is 4.90 Å². The van der Waals surface area contributed by atoms with Crippen molar-refractivity contribution in [1.29, 1.82) is 0 Å². The molecule has 1 heterocycles. The first-order chi connectivity index (χ1) is 13.2. The van der Waals surface area contributed by atoms with Crippen molar-refractivity contribution < 1.29 is 14.3 Å². The third-order valence-electron chi connectivity index (χ3n) is 5.02. The van der Waals surface area contributed by atoms with Crippen LogP contribution in [0.25, 0.3) is 0 Å². The second kappa shape index (κ2) is 9.91. The van der Waals surface area contributed by atoms with Gasteiger partial charge in [-0.05, 0) is 43.2 Å². The smallest absolute Gasteiger partial charge is 0.329 e. The first kappa shape index (κ1) is 19.2. The first-order valence-electron chi connectivity index (χ1n) is 9.78. The fraction of sp³-hybridized carbons (Fsp3) is 0.391. The average Bonchev–Trinajstić information content (AvgIpc) is 3.21. The molecular weight excluding hydrogens is 338 g/mol. The molecule has 1 aliphatic heterocycles. The summed E-state index contributed by atoms with van der Waals surface area (Å²) in [4.78, 5) is 26.7. The number of carbonyl (C=O) groups is 2. The minimum absolute atomic E-state index is 0.0715. The summed E-state index contributed by atoms with van der Waals surface area (Å²) in [7, 11) is 0. The Hall–Kier alpha value is -2.62. The maximum absolute atomic E-state index is 12.6. The van der Waals surface area contributed by atoms with Gasteiger partial charge < -0.3 is 9.64 Å². The van der Waals surface area contributed by atoms with Crippen molar-refractivity contribution in [3.63, 3.8) is 0 Å². The molecule has 0 unspecified atom stereocenters. The molecule has 1 aliphatic rings. The molecule has 1 saturated heterocycles. The lowest BCUT2D eigenvalue weighted by molar-refractivity contribution is -0.154. The highest BCUT2D eigenvalue weighted by Crippen LogP contribution is 2.21. The van der Waals surface area contributed by atoms with Crippen LogP contribution in [0.4, 0.5) is 0 Å². The van der Waals surface area contributed by atoms with E-state index in [0.29, 0.717) is 19.4 Å². The number of likely N-dealkylation sites (tertiary alicyclic amines) is 1. The molecule has 1 atom stereocenters. The Bertz CT molecular complexity index is 730. The van der Waals surface area contributed by atoms with E-state index >= 15 is 0 Å². The monoisotopic (exact) mass is 365 g/mol. The molecular formula is C23H27NO3. The molecule has 0 bridgehead atoms. The van der Waals surface area contributed by atoms with Gasteiger partial charge in [-0.1, -0.05) is 60.7 Å². The number of nitrogens with zero attached hydrogens (tertiary/aromatic N) is 1. The standard InChI is InChI=1S/C23H27NO3/c25-22(16-8-7-12-19-10-3-1-4-11-19)24-17-9-15-21(24)23(26)27-18-20-13-5-2-6-14-20/h1-6,10-11,13-14,21H,7-9,12,15-18H2/t21-/m0/s1. The van der Waals surface area contributed by atoms with Crippen molar-refractivity contribution in [2.24, 2.45) is 0 Å². The maximum Gasteiger partial charge on any atom is 0.329 e. The summed E-state index contributed by atoms with van der Waals surface area (Å²) in [5.41, 5.74) is 2.26. The zero-order chi connectivity index (χ0) is 18.9. The Kier molecular flexibility index (Phi) is 7.03. The van der Waals surface area contributed by atoms with Crippen molar-refractivity contribution in [3.05, 3.63) is 71.8 Å². The highest BCUT2D eigenvalue weighted by Gasteiger charge is 2.34. The first-order valence-corrected chi connectivity index (χ1v) is 9.78. The molecule has 3 rings (SSSR count). The van der Waals surface area contributed by atoms with Gasteiger partial charge in [0, 0.05) is 13.0 Å². The van der Waals surface area contributed by atoms with E-state index in [4.69, 9.17) is 4.74 Å². The van der Waals surface area contributed by atoms with Gasteiger partial charge in [-0.2, -0.15) is 0 Å². The van der Waals surface area contributed by atoms with Gasteiger partial charge in [-0.3, -0.25) is 4.79 Å². The Balaban J connectivity index is 1.42. The minimum atomic E-state index is -0.421. The third kappa shape index (κ3) is 5.68. The van der Waals surface area contributed by atoms with Crippen molar-refractivity contribution >= 4 is 11.9 Å². The number of amides is 1. The molecule has 142 valence electrons. The topological polar surface area (TPSA) is 46.6 Å². The lowest BCUT2D eigenvalue weighted by Gasteiger charge is -2.23. The van der Waals surface area contributed by atoms with Gasteiger partial charge in [0.2, 0.25) is 5.91 Å². The number of aryl methyl sites for hydroxylation is 1. The molecule has 1 amide bonds. The van der Waals surface area contributed by atoms with Crippen LogP contribution in [0.2, 0.25) is 0 Å². The fourth-order valence-electron chi connectivity index (χ4n) is 3.53. The number of benzene rings is 2. The molecule has 0 N–H and O–H groups in total. The molecule has 27 heavy (non-hydrogen) atoms. The van der Waals surface area contributed by atoms with Crippen LogP contribution in [0, 0.1) is 0 Å². The second-order valence-electron chi connectivity index (χ2n) is 7.03. The summed E-state index contributed by atoms with van der Waals surface area (Å²) in [6.07, 6.45) is 4.86. The quantitative estimate of drug-likeness (QED) is 0.522. The Morgan fingerprint density at radius 1 is 0.926 bits per heavy atom. The van der Waals surface area contributed by atoms with Crippen LogP contribution >= 0.6 is 0 Å². The molecule has 0 aliphatic carbocycles. The van der Waals surface area contributed by atoms with E-state index in [0.717, 1.165) is 31.2 Å². The lowest BCUT2D eigenvalue weighted by atomic mass is 10.1. The number of carbonyl (C=O) groups excluding carboxylic acids is 2. The van der Waals surface area contributed by atoms with Crippen molar-refractivity contribution in [2.75, 3.05) is 6.54 Å². The van der Waals surface area contributed by atoms with E-state index < -0.39 is 6.04 Å². The number of unbranched alkanes of at least 4 members (excludes halogenated alkanes) is 1. The number of hydrogen-bond acceptors (Lipinski definition) is 3. The normalized spacial score (nSPS) is 16.3.